The number of carbonyl (C=O) groups excluding carboxylic acids is 1. The molecule has 1 N–H and O–H groups in total. The molecule has 1 amide bonds. The van der Waals surface area contributed by atoms with E-state index in [2.05, 4.69) is 34.4 Å². The first-order valence-corrected chi connectivity index (χ1v) is 10.8. The molecule has 0 spiro atoms. The Morgan fingerprint density at radius 3 is 2.60 bits per heavy atom. The predicted molar refractivity (Wildman–Crippen MR) is 121 cm³/mol. The molecule has 0 radical (unpaired) electrons. The number of hydrogen-bond donors (Lipinski definition) is 1. The van der Waals surface area contributed by atoms with E-state index in [1.165, 1.54) is 24.8 Å². The van der Waals surface area contributed by atoms with Crippen LogP contribution in [0.4, 0.5) is 5.69 Å². The molecule has 5 heteroatoms. The fraction of sp³-hybridized carbons (Fsp3) is 0.360. The number of nitrogens with one attached hydrogen (secondary N) is 1. The molecule has 0 unspecified atom stereocenters. The lowest BCUT2D eigenvalue weighted by Crippen LogP contribution is -2.36. The second kappa shape index (κ2) is 8.84. The van der Waals surface area contributed by atoms with Crippen LogP contribution >= 0.6 is 0 Å². The van der Waals surface area contributed by atoms with Gasteiger partial charge in [-0.15, -0.1) is 0 Å². The second-order valence-electron chi connectivity index (χ2n) is 8.36. The van der Waals surface area contributed by atoms with Crippen LogP contribution in [0.3, 0.4) is 0 Å². The minimum absolute atomic E-state index is 0.0987. The lowest BCUT2D eigenvalue weighted by molar-refractivity contribution is 0.102. The van der Waals surface area contributed by atoms with Gasteiger partial charge in [-0.1, -0.05) is 18.6 Å². The van der Waals surface area contributed by atoms with Crippen molar-refractivity contribution in [2.75, 3.05) is 11.9 Å². The summed E-state index contributed by atoms with van der Waals surface area (Å²) in [6.07, 6.45) is 3.87. The molecule has 1 aromatic heterocycles. The number of carbonyl (C=O) groups is 1. The highest BCUT2D eigenvalue weighted by atomic mass is 16.1. The molecule has 3 aromatic rings. The quantitative estimate of drug-likeness (QED) is 0.645. The molecule has 0 saturated carbocycles. The summed E-state index contributed by atoms with van der Waals surface area (Å²) >= 11 is 0. The molecule has 4 rings (SSSR count). The first-order chi connectivity index (χ1) is 14.5. The van der Waals surface area contributed by atoms with E-state index in [0.717, 1.165) is 35.9 Å². The molecule has 1 aliphatic rings. The summed E-state index contributed by atoms with van der Waals surface area (Å²) in [6.45, 7) is 8.39. The lowest BCUT2D eigenvalue weighted by Gasteiger charge is -2.33. The van der Waals surface area contributed by atoms with Gasteiger partial charge < -0.3 is 5.32 Å². The second-order valence-corrected chi connectivity index (χ2v) is 8.36. The maximum Gasteiger partial charge on any atom is 0.255 e. The number of rotatable bonds is 5. The van der Waals surface area contributed by atoms with Crippen molar-refractivity contribution in [3.05, 3.63) is 77.1 Å². The largest absolute Gasteiger partial charge is 0.322 e. The Morgan fingerprint density at radius 2 is 1.90 bits per heavy atom. The minimum Gasteiger partial charge on any atom is -0.322 e. The number of piperidine rings is 1. The number of hydrogen-bond acceptors (Lipinski definition) is 3. The van der Waals surface area contributed by atoms with Gasteiger partial charge in [0.2, 0.25) is 0 Å². The van der Waals surface area contributed by atoms with E-state index in [0.29, 0.717) is 11.6 Å². The number of aryl methyl sites for hydroxylation is 2. The van der Waals surface area contributed by atoms with Crippen molar-refractivity contribution in [2.45, 2.75) is 52.6 Å². The fourth-order valence-corrected chi connectivity index (χ4v) is 4.22. The van der Waals surface area contributed by atoms with E-state index in [1.54, 1.807) is 0 Å². The summed E-state index contributed by atoms with van der Waals surface area (Å²) < 4.78 is 1.89. The first kappa shape index (κ1) is 20.4. The van der Waals surface area contributed by atoms with Crippen molar-refractivity contribution in [3.8, 4) is 5.69 Å². The third-order valence-electron chi connectivity index (χ3n) is 5.89. The van der Waals surface area contributed by atoms with Crippen LogP contribution in [0.5, 0.6) is 0 Å². The van der Waals surface area contributed by atoms with Gasteiger partial charge in [-0.3, -0.25) is 9.69 Å². The zero-order valence-corrected chi connectivity index (χ0v) is 18.1. The molecule has 30 heavy (non-hydrogen) atoms. The third kappa shape index (κ3) is 4.62. The van der Waals surface area contributed by atoms with Gasteiger partial charge in [-0.05, 0) is 88.2 Å². The zero-order chi connectivity index (χ0) is 21.1. The highest BCUT2D eigenvalue weighted by molar-refractivity contribution is 6.04. The van der Waals surface area contributed by atoms with E-state index in [-0.39, 0.29) is 5.91 Å². The Kier molecular flexibility index (Phi) is 6.00. The highest BCUT2D eigenvalue weighted by Crippen LogP contribution is 2.21. The van der Waals surface area contributed by atoms with Gasteiger partial charge in [0.05, 0.1) is 11.4 Å². The Bertz CT molecular complexity index is 1020. The molecule has 156 valence electrons. The van der Waals surface area contributed by atoms with Gasteiger partial charge in [0, 0.05) is 29.5 Å². The number of anilines is 1. The Balaban J connectivity index is 1.43. The molecule has 1 atom stereocenters. The Morgan fingerprint density at radius 1 is 1.10 bits per heavy atom. The summed E-state index contributed by atoms with van der Waals surface area (Å²) in [5, 5.41) is 7.54. The number of benzene rings is 2. The average Bonchev–Trinajstić information content (AvgIpc) is 3.08. The maximum absolute atomic E-state index is 12.7. The van der Waals surface area contributed by atoms with Gasteiger partial charge >= 0.3 is 0 Å². The van der Waals surface area contributed by atoms with E-state index >= 15 is 0 Å². The van der Waals surface area contributed by atoms with Crippen LogP contribution in [-0.4, -0.2) is 33.2 Å². The molecule has 2 heterocycles. The number of likely N-dealkylation sites (tertiary alicyclic amines) is 1. The van der Waals surface area contributed by atoms with Crippen LogP contribution in [0.2, 0.25) is 0 Å². The summed E-state index contributed by atoms with van der Waals surface area (Å²) in [4.78, 5) is 15.3. The number of nitrogens with zero attached hydrogens (tertiary/aromatic N) is 3. The van der Waals surface area contributed by atoms with Crippen LogP contribution in [-0.2, 0) is 6.54 Å². The molecule has 1 saturated heterocycles. The van der Waals surface area contributed by atoms with Crippen molar-refractivity contribution >= 4 is 11.6 Å². The van der Waals surface area contributed by atoms with Gasteiger partial charge in [0.15, 0.2) is 0 Å². The maximum atomic E-state index is 12.7. The molecule has 1 fully saturated rings. The van der Waals surface area contributed by atoms with Crippen LogP contribution in [0.1, 0.15) is 53.5 Å². The Labute approximate surface area is 178 Å². The standard InChI is InChI=1S/C25H30N4O/c1-18-15-20(3)29(27-18)24-12-10-22(11-13-24)25(30)26-23-9-6-8-21(16-23)17-28-14-5-4-7-19(28)2/h6,8-13,15-16,19H,4-5,7,14,17H2,1-3H3,(H,26,30)/t19-/m0/s1. The normalized spacial score (nSPS) is 17.1. The topological polar surface area (TPSA) is 50.2 Å². The van der Waals surface area contributed by atoms with Crippen LogP contribution < -0.4 is 5.32 Å². The molecule has 0 aliphatic carbocycles. The monoisotopic (exact) mass is 402 g/mol. The van der Waals surface area contributed by atoms with E-state index in [4.69, 9.17) is 0 Å². The zero-order valence-electron chi connectivity index (χ0n) is 18.1. The number of amides is 1. The van der Waals surface area contributed by atoms with Crippen LogP contribution in [0.25, 0.3) is 5.69 Å². The van der Waals surface area contributed by atoms with E-state index in [1.807, 2.05) is 61.0 Å². The molecule has 0 bridgehead atoms. The molecule has 5 nitrogen and oxygen atoms in total. The third-order valence-corrected chi connectivity index (χ3v) is 5.89. The van der Waals surface area contributed by atoms with Crippen LogP contribution in [0, 0.1) is 13.8 Å². The van der Waals surface area contributed by atoms with Crippen molar-refractivity contribution in [1.82, 2.24) is 14.7 Å². The van der Waals surface area contributed by atoms with Gasteiger partial charge in [0.25, 0.3) is 5.91 Å². The molecular weight excluding hydrogens is 372 g/mol. The van der Waals surface area contributed by atoms with Crippen molar-refractivity contribution in [1.29, 1.82) is 0 Å². The molecule has 2 aromatic carbocycles. The smallest absolute Gasteiger partial charge is 0.255 e. The van der Waals surface area contributed by atoms with Crippen molar-refractivity contribution in [3.63, 3.8) is 0 Å². The summed E-state index contributed by atoms with van der Waals surface area (Å²) in [6, 6.07) is 18.4. The van der Waals surface area contributed by atoms with Gasteiger partial charge in [-0.25, -0.2) is 4.68 Å². The van der Waals surface area contributed by atoms with E-state index < -0.39 is 0 Å². The average molecular weight is 403 g/mol. The van der Waals surface area contributed by atoms with Gasteiger partial charge in [-0.2, -0.15) is 5.10 Å². The SMILES string of the molecule is Cc1cc(C)n(-c2ccc(C(=O)Nc3cccc(CN4CCCC[C@@H]4C)c3)cc2)n1. The fourth-order valence-electron chi connectivity index (χ4n) is 4.22. The van der Waals surface area contributed by atoms with Crippen LogP contribution in [0.15, 0.2) is 54.6 Å². The highest BCUT2D eigenvalue weighted by Gasteiger charge is 2.18. The molecule has 1 aliphatic heterocycles. The Hall–Kier alpha value is -2.92. The predicted octanol–water partition coefficient (Wildman–Crippen LogP) is 5.12. The van der Waals surface area contributed by atoms with Crippen molar-refractivity contribution in [2.24, 2.45) is 0 Å². The van der Waals surface area contributed by atoms with Crippen molar-refractivity contribution < 1.29 is 4.79 Å². The summed E-state index contributed by atoms with van der Waals surface area (Å²) in [5.74, 6) is -0.0987. The number of aromatic nitrogens is 2. The van der Waals surface area contributed by atoms with E-state index in [9.17, 15) is 4.79 Å². The summed E-state index contributed by atoms with van der Waals surface area (Å²) in [7, 11) is 0. The minimum atomic E-state index is -0.0987. The summed E-state index contributed by atoms with van der Waals surface area (Å²) in [5.41, 5.74) is 5.72. The molecular formula is C25H30N4O. The first-order valence-electron chi connectivity index (χ1n) is 10.8. The van der Waals surface area contributed by atoms with Gasteiger partial charge in [0.1, 0.15) is 0 Å². The lowest BCUT2D eigenvalue weighted by atomic mass is 10.0.